The van der Waals surface area contributed by atoms with Crippen LogP contribution in [0.15, 0.2) is 198 Å². The third-order valence-corrected chi connectivity index (χ3v) is 19.5. The molecule has 18 rings (SSSR count). The van der Waals surface area contributed by atoms with Crippen LogP contribution in [0, 0.1) is 39.3 Å². The smallest absolute Gasteiger partial charge is 0.258 e. The van der Waals surface area contributed by atoms with Crippen molar-refractivity contribution in [1.82, 2.24) is 68.8 Å². The van der Waals surface area contributed by atoms with Gasteiger partial charge in [0.1, 0.15) is 45.3 Å². The molecule has 0 spiro atoms. The minimum atomic E-state index is -0.298. The molecule has 0 aliphatic carbocycles. The molecular formula is C80H80F2N18O6. The van der Waals surface area contributed by atoms with Crippen LogP contribution in [-0.4, -0.2) is 151 Å². The summed E-state index contributed by atoms with van der Waals surface area (Å²) in [5, 5.41) is 13.5. The molecule has 0 saturated carbocycles. The van der Waals surface area contributed by atoms with E-state index in [1.807, 2.05) is 124 Å². The first-order valence-corrected chi connectivity index (χ1v) is 35.7. The van der Waals surface area contributed by atoms with E-state index < -0.39 is 0 Å². The van der Waals surface area contributed by atoms with Gasteiger partial charge in [0.15, 0.2) is 22.9 Å². The molecule has 4 fully saturated rings. The number of benzene rings is 4. The van der Waals surface area contributed by atoms with Crippen LogP contribution < -0.4 is 63.1 Å². The van der Waals surface area contributed by atoms with Crippen molar-refractivity contribution in [2.75, 3.05) is 111 Å². The predicted molar refractivity (Wildman–Crippen MR) is 411 cm³/mol. The summed E-state index contributed by atoms with van der Waals surface area (Å²) in [6.45, 7) is 24.3. The zero-order valence-corrected chi connectivity index (χ0v) is 59.7. The molecule has 0 amide bonds. The second-order valence-corrected chi connectivity index (χ2v) is 27.2. The molecule has 4 saturated heterocycles. The van der Waals surface area contributed by atoms with Gasteiger partial charge in [-0.3, -0.25) is 36.8 Å². The Labute approximate surface area is 607 Å². The van der Waals surface area contributed by atoms with E-state index in [1.165, 1.54) is 24.3 Å². The lowest BCUT2D eigenvalue weighted by atomic mass is 10.1. The van der Waals surface area contributed by atoms with Crippen molar-refractivity contribution >= 4 is 67.5 Å². The van der Waals surface area contributed by atoms with Gasteiger partial charge in [0, 0.05) is 189 Å². The number of nitrogens with zero attached hydrogens (tertiary/aromatic N) is 14. The summed E-state index contributed by atoms with van der Waals surface area (Å²) < 4.78 is 45.0. The van der Waals surface area contributed by atoms with Crippen molar-refractivity contribution in [3.8, 4) is 45.0 Å². The van der Waals surface area contributed by atoms with Gasteiger partial charge in [-0.1, -0.05) is 24.3 Å². The average Bonchev–Trinajstić information content (AvgIpc) is 1.06. The number of pyridine rings is 4. The number of piperazine rings is 4. The highest BCUT2D eigenvalue weighted by Crippen LogP contribution is 2.29. The largest absolute Gasteiger partial charge is 0.441 e. The van der Waals surface area contributed by atoms with Crippen molar-refractivity contribution in [3.05, 3.63) is 246 Å². The molecule has 24 nitrogen and oxygen atoms in total. The van der Waals surface area contributed by atoms with Gasteiger partial charge in [-0.25, -0.2) is 38.7 Å². The van der Waals surface area contributed by atoms with E-state index in [2.05, 4.69) is 79.6 Å². The fraction of sp³-hybridized carbons (Fsp3) is 0.275. The van der Waals surface area contributed by atoms with Gasteiger partial charge in [-0.15, -0.1) is 0 Å². The number of halogens is 2. The summed E-state index contributed by atoms with van der Waals surface area (Å²) in [5.74, 6) is 0.642. The van der Waals surface area contributed by atoms with Gasteiger partial charge in [0.25, 0.3) is 22.2 Å². The number of anilines is 4. The molecule has 10 aromatic heterocycles. The predicted octanol–water partition coefficient (Wildman–Crippen LogP) is 9.66. The molecule has 14 heterocycles. The first-order chi connectivity index (χ1) is 51.4. The Morgan fingerprint density at radius 2 is 0.660 bits per heavy atom. The highest BCUT2D eigenvalue weighted by molar-refractivity contribution is 5.81. The van der Waals surface area contributed by atoms with Crippen LogP contribution in [0.25, 0.3) is 89.8 Å². The summed E-state index contributed by atoms with van der Waals surface area (Å²) in [6, 6.07) is 43.6. The molecule has 14 aromatic rings. The lowest BCUT2D eigenvalue weighted by molar-refractivity contribution is 0.484. The Morgan fingerprint density at radius 3 is 0.981 bits per heavy atom. The lowest BCUT2D eigenvalue weighted by Crippen LogP contribution is -2.49. The molecule has 4 N–H and O–H groups in total. The van der Waals surface area contributed by atoms with E-state index >= 15 is 0 Å². The van der Waals surface area contributed by atoms with Crippen molar-refractivity contribution in [3.63, 3.8) is 0 Å². The Hall–Kier alpha value is -11.8. The number of rotatable bonds is 8. The van der Waals surface area contributed by atoms with E-state index in [0.717, 1.165) is 148 Å². The Kier molecular flexibility index (Phi) is 19.8. The van der Waals surface area contributed by atoms with Crippen molar-refractivity contribution in [2.45, 2.75) is 53.6 Å². The number of hydrogen-bond acceptors (Lipinski definition) is 20. The van der Waals surface area contributed by atoms with E-state index in [-0.39, 0.29) is 33.9 Å². The van der Waals surface area contributed by atoms with Crippen LogP contribution in [0.3, 0.4) is 0 Å². The zero-order chi connectivity index (χ0) is 73.3. The molecule has 4 aromatic carbocycles. The lowest BCUT2D eigenvalue weighted by Gasteiger charge is -2.33. The number of nitrogens with one attached hydrogen (secondary N) is 4. The zero-order valence-electron chi connectivity index (χ0n) is 59.7. The van der Waals surface area contributed by atoms with E-state index in [9.17, 15) is 28.0 Å². The summed E-state index contributed by atoms with van der Waals surface area (Å²) in [5.41, 5.74) is 15.2. The molecule has 0 bridgehead atoms. The minimum absolute atomic E-state index is 0.0941. The van der Waals surface area contributed by atoms with Gasteiger partial charge in [0.05, 0.1) is 45.5 Å². The minimum Gasteiger partial charge on any atom is -0.441 e. The van der Waals surface area contributed by atoms with Crippen LogP contribution >= 0.6 is 0 Å². The molecule has 106 heavy (non-hydrogen) atoms. The van der Waals surface area contributed by atoms with Crippen molar-refractivity contribution in [1.29, 1.82) is 0 Å². The van der Waals surface area contributed by atoms with Crippen LogP contribution in [0.4, 0.5) is 31.5 Å². The van der Waals surface area contributed by atoms with Crippen molar-refractivity contribution in [2.24, 2.45) is 0 Å². The molecule has 0 radical (unpaired) electrons. The fourth-order valence-corrected chi connectivity index (χ4v) is 13.8. The maximum Gasteiger partial charge on any atom is 0.258 e. The number of hydrogen-bond donors (Lipinski definition) is 4. The van der Waals surface area contributed by atoms with Crippen LogP contribution in [0.2, 0.25) is 0 Å². The van der Waals surface area contributed by atoms with Crippen molar-refractivity contribution < 1.29 is 17.6 Å². The number of fused-ring (bicyclic) bond motifs is 6. The summed E-state index contributed by atoms with van der Waals surface area (Å²) in [4.78, 5) is 87.0. The molecule has 4 aliphatic heterocycles. The highest BCUT2D eigenvalue weighted by Gasteiger charge is 2.21. The van der Waals surface area contributed by atoms with Gasteiger partial charge in [-0.2, -0.15) is 0 Å². The fourth-order valence-electron chi connectivity index (χ4n) is 13.8. The first-order valence-electron chi connectivity index (χ1n) is 35.7. The first kappa shape index (κ1) is 69.9. The standard InChI is InChI=1S/C21H21N5O2.C20H21FN4O.C20H19N5O2.C19H19FN4O/c1-13-11-25(8-7-22-13)16-4-6-20-24-17(10-21(27)26(20)12-16)15-3-5-19-18(9-15)23-14(2)28-19;1-13-3-4-15(9-17(13)21)18-10-20(26)25-12-16(5-6-19(25)23-18)24-8-7-22-14(2)11-24;1-13-22-17-10-14(2-4-18(17)27-13)16-11-20(26)25-12-15(3-5-19(25)23-16)24-8-6-21-7-9-24;1-13-2-3-14(10-16(13)20)17-11-19(25)24-12-15(4-5-18(24)22-17)23-8-6-21-7-9-23/h3-6,9-10,12-13,22H,7-8,11H2,1-2H3;3-6,9-10,12,14,22H,7-8,11H2,1-2H3;2-5,10-12,21H,6-9H2,1H3;2-5,10-12,21H,6-9H2,1H3/t13-;14-;;/m00../s1. The van der Waals surface area contributed by atoms with E-state index in [4.69, 9.17) is 13.8 Å². The summed E-state index contributed by atoms with van der Waals surface area (Å²) in [6.07, 6.45) is 7.43. The maximum absolute atomic E-state index is 13.8. The van der Waals surface area contributed by atoms with Gasteiger partial charge in [-0.05, 0) is 136 Å². The van der Waals surface area contributed by atoms with Crippen LogP contribution in [-0.2, 0) is 0 Å². The highest BCUT2D eigenvalue weighted by atomic mass is 19.1. The topological polar surface area (TPSA) is 251 Å². The Balaban J connectivity index is 0.000000113. The summed E-state index contributed by atoms with van der Waals surface area (Å²) >= 11 is 0. The monoisotopic (exact) mass is 1430 g/mol. The van der Waals surface area contributed by atoms with E-state index in [0.29, 0.717) is 91.5 Å². The third kappa shape index (κ3) is 15.2. The molecule has 540 valence electrons. The average molecular weight is 1430 g/mol. The molecule has 26 heteroatoms. The third-order valence-electron chi connectivity index (χ3n) is 19.5. The number of aryl methyl sites for hydroxylation is 4. The van der Waals surface area contributed by atoms with Crippen LogP contribution in [0.5, 0.6) is 0 Å². The number of oxazole rings is 2. The molecule has 2 atom stereocenters. The van der Waals surface area contributed by atoms with E-state index in [1.54, 1.807) is 67.8 Å². The number of aromatic nitrogens is 10. The quantitative estimate of drug-likeness (QED) is 0.110. The second-order valence-electron chi connectivity index (χ2n) is 27.2. The van der Waals surface area contributed by atoms with Crippen LogP contribution in [0.1, 0.15) is 36.8 Å². The molecule has 0 unspecified atom stereocenters. The maximum atomic E-state index is 13.8. The van der Waals surface area contributed by atoms with Gasteiger partial charge >= 0.3 is 0 Å². The van der Waals surface area contributed by atoms with Gasteiger partial charge < -0.3 is 49.7 Å². The molecule has 4 aliphatic rings. The van der Waals surface area contributed by atoms with Gasteiger partial charge in [0.2, 0.25) is 0 Å². The summed E-state index contributed by atoms with van der Waals surface area (Å²) in [7, 11) is 0. The Morgan fingerprint density at radius 1 is 0.358 bits per heavy atom. The second kappa shape index (κ2) is 30.1. The molecular weight excluding hydrogens is 1350 g/mol. The normalized spacial score (nSPS) is 16.3. The SMILES string of the molecule is Cc1ccc(-c2cc(=O)n3cc(N4CCNCC4)ccc3n2)cc1F.Cc1ccc(-c2cc(=O)n3cc(N4CCN[C@@H](C)C4)ccc3n2)cc1F.Cc1nc2cc(-c3cc(=O)n4cc(N5CCNCC5)ccc4n3)ccc2o1.Cc1nc2cc(-c3cc(=O)n4cc(N5CCN[C@@H](C)C5)ccc4n3)ccc2o1. The Bertz CT molecular complexity index is 5900.